The van der Waals surface area contributed by atoms with E-state index in [1.807, 2.05) is 6.07 Å². The van der Waals surface area contributed by atoms with Crippen LogP contribution in [0, 0.1) is 10.1 Å². The molecule has 0 atom stereocenters. The van der Waals surface area contributed by atoms with Crippen LogP contribution in [0.4, 0.5) is 5.00 Å². The van der Waals surface area contributed by atoms with E-state index >= 15 is 0 Å². The molecule has 0 unspecified atom stereocenters. The summed E-state index contributed by atoms with van der Waals surface area (Å²) >= 11 is 1.24. The molecule has 1 N–H and O–H groups in total. The van der Waals surface area contributed by atoms with Crippen molar-refractivity contribution in [2.45, 2.75) is 31.8 Å². The van der Waals surface area contributed by atoms with E-state index in [1.165, 1.54) is 11.3 Å². The fraction of sp³-hybridized carbons (Fsp3) is 0.636. The molecule has 17 heavy (non-hydrogen) atoms. The van der Waals surface area contributed by atoms with E-state index in [9.17, 15) is 10.1 Å². The van der Waals surface area contributed by atoms with Gasteiger partial charge in [0.2, 0.25) is 0 Å². The zero-order chi connectivity index (χ0) is 12.3. The zero-order valence-corrected chi connectivity index (χ0v) is 10.6. The van der Waals surface area contributed by atoms with Crippen LogP contribution in [0.2, 0.25) is 0 Å². The van der Waals surface area contributed by atoms with Gasteiger partial charge in [0, 0.05) is 36.2 Å². The third kappa shape index (κ3) is 3.24. The lowest BCUT2D eigenvalue weighted by Crippen LogP contribution is -2.46. The van der Waals surface area contributed by atoms with E-state index in [1.54, 1.807) is 6.07 Å². The van der Waals surface area contributed by atoms with Crippen molar-refractivity contribution in [2.75, 3.05) is 13.2 Å². The van der Waals surface area contributed by atoms with Gasteiger partial charge in [0.25, 0.3) is 0 Å². The number of thiophene rings is 1. The first-order chi connectivity index (χ1) is 8.09. The van der Waals surface area contributed by atoms with Crippen LogP contribution in [0.15, 0.2) is 12.1 Å². The van der Waals surface area contributed by atoms with Gasteiger partial charge in [-0.1, -0.05) is 11.3 Å². The van der Waals surface area contributed by atoms with Crippen molar-refractivity contribution in [1.29, 1.82) is 0 Å². The van der Waals surface area contributed by atoms with Crippen molar-refractivity contribution in [2.24, 2.45) is 0 Å². The Balaban J connectivity index is 1.90. The Kier molecular flexibility index (Phi) is 3.76. The maximum atomic E-state index is 10.6. The minimum absolute atomic E-state index is 0.0943. The van der Waals surface area contributed by atoms with Gasteiger partial charge in [0.15, 0.2) is 0 Å². The third-order valence-electron chi connectivity index (χ3n) is 3.11. The molecule has 1 saturated heterocycles. The number of nitrogens with one attached hydrogen (secondary N) is 1. The number of nitro groups is 1. The van der Waals surface area contributed by atoms with Gasteiger partial charge < -0.3 is 10.1 Å². The summed E-state index contributed by atoms with van der Waals surface area (Å²) in [7, 11) is 0. The average molecular weight is 256 g/mol. The molecule has 0 aliphatic carbocycles. The van der Waals surface area contributed by atoms with Crippen molar-refractivity contribution in [3.63, 3.8) is 0 Å². The Morgan fingerprint density at radius 1 is 1.53 bits per heavy atom. The summed E-state index contributed by atoms with van der Waals surface area (Å²) in [6, 6.07) is 3.38. The van der Waals surface area contributed by atoms with Gasteiger partial charge in [-0.2, -0.15) is 0 Å². The molecular weight excluding hydrogens is 240 g/mol. The number of hydrogen-bond donors (Lipinski definition) is 1. The van der Waals surface area contributed by atoms with Crippen molar-refractivity contribution < 1.29 is 9.66 Å². The van der Waals surface area contributed by atoms with Crippen LogP contribution in [-0.2, 0) is 11.3 Å². The van der Waals surface area contributed by atoms with Gasteiger partial charge in [0.05, 0.1) is 4.92 Å². The summed E-state index contributed by atoms with van der Waals surface area (Å²) in [5.74, 6) is 0. The molecule has 0 spiro atoms. The SMILES string of the molecule is CC1(NCc2ccc([N+](=O)[O-])s2)CCOCC1. The van der Waals surface area contributed by atoms with E-state index < -0.39 is 0 Å². The second kappa shape index (κ2) is 5.12. The molecule has 1 aromatic heterocycles. The van der Waals surface area contributed by atoms with Gasteiger partial charge in [-0.15, -0.1) is 0 Å². The fourth-order valence-electron chi connectivity index (χ4n) is 1.86. The van der Waals surface area contributed by atoms with E-state index in [2.05, 4.69) is 12.2 Å². The second-order valence-electron chi connectivity index (χ2n) is 4.52. The first kappa shape index (κ1) is 12.5. The zero-order valence-electron chi connectivity index (χ0n) is 9.77. The molecule has 2 heterocycles. The quantitative estimate of drug-likeness (QED) is 0.663. The van der Waals surface area contributed by atoms with Crippen molar-refractivity contribution >= 4 is 16.3 Å². The van der Waals surface area contributed by atoms with Crippen LogP contribution < -0.4 is 5.32 Å². The Morgan fingerprint density at radius 2 is 2.24 bits per heavy atom. The van der Waals surface area contributed by atoms with Crippen LogP contribution in [0.5, 0.6) is 0 Å². The maximum Gasteiger partial charge on any atom is 0.324 e. The summed E-state index contributed by atoms with van der Waals surface area (Å²) < 4.78 is 5.33. The topological polar surface area (TPSA) is 64.4 Å². The first-order valence-corrected chi connectivity index (χ1v) is 6.47. The fourth-order valence-corrected chi connectivity index (χ4v) is 2.62. The lowest BCUT2D eigenvalue weighted by molar-refractivity contribution is -0.380. The summed E-state index contributed by atoms with van der Waals surface area (Å²) in [5.41, 5.74) is 0.0943. The molecule has 5 nitrogen and oxygen atoms in total. The molecular formula is C11H16N2O3S. The molecule has 0 saturated carbocycles. The molecule has 1 aliphatic heterocycles. The Labute approximate surface area is 104 Å². The van der Waals surface area contributed by atoms with Crippen LogP contribution in [0.1, 0.15) is 24.6 Å². The summed E-state index contributed by atoms with van der Waals surface area (Å²) in [5, 5.41) is 14.2. The third-order valence-corrected chi connectivity index (χ3v) is 4.15. The normalized spacial score (nSPS) is 19.1. The van der Waals surface area contributed by atoms with E-state index in [-0.39, 0.29) is 15.5 Å². The van der Waals surface area contributed by atoms with Crippen LogP contribution >= 0.6 is 11.3 Å². The number of nitrogens with zero attached hydrogens (tertiary/aromatic N) is 1. The molecule has 94 valence electrons. The standard InChI is InChI=1S/C11H16N2O3S/c1-11(4-6-16-7-5-11)12-8-9-2-3-10(17-9)13(14)15/h2-3,12H,4-8H2,1H3. The molecule has 1 aromatic rings. The Hall–Kier alpha value is -0.980. The van der Waals surface area contributed by atoms with Gasteiger partial charge in [-0.05, 0) is 25.8 Å². The second-order valence-corrected chi connectivity index (χ2v) is 5.67. The highest BCUT2D eigenvalue weighted by molar-refractivity contribution is 7.15. The van der Waals surface area contributed by atoms with E-state index in [4.69, 9.17) is 4.74 Å². The summed E-state index contributed by atoms with van der Waals surface area (Å²) in [4.78, 5) is 11.2. The smallest absolute Gasteiger partial charge is 0.324 e. The summed E-state index contributed by atoms with van der Waals surface area (Å²) in [6.07, 6.45) is 1.97. The highest BCUT2D eigenvalue weighted by Gasteiger charge is 2.26. The average Bonchev–Trinajstić information content (AvgIpc) is 2.76. The minimum atomic E-state index is -0.343. The van der Waals surface area contributed by atoms with E-state index in [0.29, 0.717) is 6.54 Å². The highest BCUT2D eigenvalue weighted by Crippen LogP contribution is 2.25. The van der Waals surface area contributed by atoms with Gasteiger partial charge >= 0.3 is 5.00 Å². The largest absolute Gasteiger partial charge is 0.381 e. The van der Waals surface area contributed by atoms with Gasteiger partial charge in [-0.3, -0.25) is 10.1 Å². The van der Waals surface area contributed by atoms with Crippen LogP contribution in [0.3, 0.4) is 0 Å². The Morgan fingerprint density at radius 3 is 2.82 bits per heavy atom. The molecule has 6 heteroatoms. The van der Waals surface area contributed by atoms with Crippen molar-refractivity contribution in [3.8, 4) is 0 Å². The maximum absolute atomic E-state index is 10.6. The molecule has 0 radical (unpaired) electrons. The molecule has 2 rings (SSSR count). The minimum Gasteiger partial charge on any atom is -0.381 e. The number of ether oxygens (including phenoxy) is 1. The van der Waals surface area contributed by atoms with Gasteiger partial charge in [-0.25, -0.2) is 0 Å². The molecule has 1 fully saturated rings. The van der Waals surface area contributed by atoms with E-state index in [0.717, 1.165) is 30.9 Å². The van der Waals surface area contributed by atoms with Crippen LogP contribution in [-0.4, -0.2) is 23.7 Å². The molecule has 0 amide bonds. The number of hydrogen-bond acceptors (Lipinski definition) is 5. The summed E-state index contributed by atoms with van der Waals surface area (Å²) in [6.45, 7) is 4.44. The lowest BCUT2D eigenvalue weighted by Gasteiger charge is -2.34. The lowest BCUT2D eigenvalue weighted by atomic mass is 9.92. The van der Waals surface area contributed by atoms with Crippen molar-refractivity contribution in [3.05, 3.63) is 27.1 Å². The Bertz CT molecular complexity index is 399. The molecule has 0 aromatic carbocycles. The molecule has 0 bridgehead atoms. The van der Waals surface area contributed by atoms with Gasteiger partial charge in [0.1, 0.15) is 0 Å². The highest BCUT2D eigenvalue weighted by atomic mass is 32.1. The van der Waals surface area contributed by atoms with Crippen molar-refractivity contribution in [1.82, 2.24) is 5.32 Å². The van der Waals surface area contributed by atoms with Crippen LogP contribution in [0.25, 0.3) is 0 Å². The first-order valence-electron chi connectivity index (χ1n) is 5.65. The monoisotopic (exact) mass is 256 g/mol. The predicted molar refractivity (Wildman–Crippen MR) is 66.3 cm³/mol. The number of rotatable bonds is 4. The molecule has 1 aliphatic rings. The predicted octanol–water partition coefficient (Wildman–Crippen LogP) is 2.32.